The molecule has 0 aromatic heterocycles. The smallest absolute Gasteiger partial charge is 0.193 e. The third kappa shape index (κ3) is 3.52. The molecule has 0 aliphatic carbocycles. The van der Waals surface area contributed by atoms with Gasteiger partial charge in [0.15, 0.2) is 5.78 Å². The second-order valence-electron chi connectivity index (χ2n) is 5.65. The topological polar surface area (TPSA) is 43.1 Å². The van der Waals surface area contributed by atoms with Gasteiger partial charge in [-0.05, 0) is 49.4 Å². The van der Waals surface area contributed by atoms with Crippen molar-refractivity contribution in [1.82, 2.24) is 0 Å². The second-order valence-corrected chi connectivity index (χ2v) is 5.65. The molecule has 0 atom stereocenters. The number of hydrogen-bond donors (Lipinski definition) is 1. The fourth-order valence-electron chi connectivity index (χ4n) is 2.47. The lowest BCUT2D eigenvalue weighted by molar-refractivity contribution is 0.103. The summed E-state index contributed by atoms with van der Waals surface area (Å²) in [5.74, 6) is 0.0428. The number of hydrogen-bond acceptors (Lipinski definition) is 2. The first-order valence-electron chi connectivity index (χ1n) is 7.53. The van der Waals surface area contributed by atoms with E-state index in [0.29, 0.717) is 11.3 Å². The standard InChI is InChI=1S/C19H23NO/c1-4-5-6-15-7-9-16(10-8-15)19(21)17-12-18(20)14(3)11-13(17)2/h7-12H,4-6,20H2,1-3H3. The Morgan fingerprint density at radius 2 is 1.71 bits per heavy atom. The molecule has 2 rings (SSSR count). The summed E-state index contributed by atoms with van der Waals surface area (Å²) < 4.78 is 0. The summed E-state index contributed by atoms with van der Waals surface area (Å²) >= 11 is 0. The van der Waals surface area contributed by atoms with Crippen molar-refractivity contribution in [3.05, 3.63) is 64.2 Å². The zero-order valence-electron chi connectivity index (χ0n) is 13.1. The Labute approximate surface area is 127 Å². The van der Waals surface area contributed by atoms with E-state index in [1.54, 1.807) is 6.07 Å². The van der Waals surface area contributed by atoms with E-state index in [9.17, 15) is 4.79 Å². The summed E-state index contributed by atoms with van der Waals surface area (Å²) in [4.78, 5) is 12.6. The van der Waals surface area contributed by atoms with Gasteiger partial charge in [-0.1, -0.05) is 43.7 Å². The number of rotatable bonds is 5. The summed E-state index contributed by atoms with van der Waals surface area (Å²) in [5.41, 5.74) is 11.3. The molecule has 0 fully saturated rings. The minimum Gasteiger partial charge on any atom is -0.398 e. The van der Waals surface area contributed by atoms with Crippen LogP contribution in [0.1, 0.15) is 52.4 Å². The number of carbonyl (C=O) groups excluding carboxylic acids is 1. The average molecular weight is 281 g/mol. The second kappa shape index (κ2) is 6.57. The number of unbranched alkanes of at least 4 members (excludes halogenated alkanes) is 1. The average Bonchev–Trinajstić information content (AvgIpc) is 2.48. The number of carbonyl (C=O) groups is 1. The van der Waals surface area contributed by atoms with Crippen molar-refractivity contribution in [1.29, 1.82) is 0 Å². The Morgan fingerprint density at radius 3 is 2.33 bits per heavy atom. The van der Waals surface area contributed by atoms with Crippen LogP contribution in [0.25, 0.3) is 0 Å². The van der Waals surface area contributed by atoms with Crippen molar-refractivity contribution in [2.75, 3.05) is 5.73 Å². The van der Waals surface area contributed by atoms with E-state index in [1.807, 2.05) is 32.0 Å². The normalized spacial score (nSPS) is 10.6. The van der Waals surface area contributed by atoms with Gasteiger partial charge in [0, 0.05) is 16.8 Å². The fourth-order valence-corrected chi connectivity index (χ4v) is 2.47. The zero-order chi connectivity index (χ0) is 15.4. The monoisotopic (exact) mass is 281 g/mol. The Hall–Kier alpha value is -2.09. The van der Waals surface area contributed by atoms with E-state index in [0.717, 1.165) is 23.1 Å². The molecule has 0 saturated carbocycles. The zero-order valence-corrected chi connectivity index (χ0v) is 13.1. The Bertz CT molecular complexity index is 641. The SMILES string of the molecule is CCCCc1ccc(C(=O)c2cc(N)c(C)cc2C)cc1. The molecule has 0 radical (unpaired) electrons. The largest absolute Gasteiger partial charge is 0.398 e. The Kier molecular flexibility index (Phi) is 4.79. The minimum absolute atomic E-state index is 0.0428. The van der Waals surface area contributed by atoms with Gasteiger partial charge in [-0.2, -0.15) is 0 Å². The Morgan fingerprint density at radius 1 is 1.05 bits per heavy atom. The van der Waals surface area contributed by atoms with Crippen LogP contribution in [0.5, 0.6) is 0 Å². The van der Waals surface area contributed by atoms with Crippen LogP contribution in [0.3, 0.4) is 0 Å². The highest BCUT2D eigenvalue weighted by atomic mass is 16.1. The number of nitrogens with two attached hydrogens (primary N) is 1. The highest BCUT2D eigenvalue weighted by Crippen LogP contribution is 2.21. The molecule has 0 heterocycles. The minimum atomic E-state index is 0.0428. The molecule has 21 heavy (non-hydrogen) atoms. The van der Waals surface area contributed by atoms with Gasteiger partial charge in [-0.15, -0.1) is 0 Å². The Balaban J connectivity index is 2.26. The van der Waals surface area contributed by atoms with E-state index in [1.165, 1.54) is 18.4 Å². The molecule has 0 bridgehead atoms. The third-order valence-electron chi connectivity index (χ3n) is 3.89. The molecule has 0 aliphatic rings. The lowest BCUT2D eigenvalue weighted by atomic mass is 9.95. The number of ketones is 1. The predicted molar refractivity (Wildman–Crippen MR) is 88.8 cm³/mol. The molecular weight excluding hydrogens is 258 g/mol. The summed E-state index contributed by atoms with van der Waals surface area (Å²) in [6.45, 7) is 6.09. The summed E-state index contributed by atoms with van der Waals surface area (Å²) in [6.07, 6.45) is 3.44. The molecule has 2 heteroatoms. The quantitative estimate of drug-likeness (QED) is 0.649. The number of nitrogen functional groups attached to an aromatic ring is 1. The van der Waals surface area contributed by atoms with Gasteiger partial charge in [-0.3, -0.25) is 4.79 Å². The van der Waals surface area contributed by atoms with Crippen LogP contribution in [0.4, 0.5) is 5.69 Å². The maximum absolute atomic E-state index is 12.6. The number of benzene rings is 2. The van der Waals surface area contributed by atoms with Gasteiger partial charge in [0.2, 0.25) is 0 Å². The van der Waals surface area contributed by atoms with E-state index in [4.69, 9.17) is 5.73 Å². The lowest BCUT2D eigenvalue weighted by Crippen LogP contribution is -2.06. The summed E-state index contributed by atoms with van der Waals surface area (Å²) in [5, 5.41) is 0. The van der Waals surface area contributed by atoms with Crippen LogP contribution in [0.2, 0.25) is 0 Å². The van der Waals surface area contributed by atoms with Gasteiger partial charge >= 0.3 is 0 Å². The number of aryl methyl sites for hydroxylation is 3. The van der Waals surface area contributed by atoms with Gasteiger partial charge in [0.25, 0.3) is 0 Å². The van der Waals surface area contributed by atoms with Crippen molar-refractivity contribution >= 4 is 11.5 Å². The molecule has 0 spiro atoms. The molecular formula is C19H23NO. The summed E-state index contributed by atoms with van der Waals surface area (Å²) in [6, 6.07) is 11.7. The molecule has 2 N–H and O–H groups in total. The van der Waals surface area contributed by atoms with Crippen molar-refractivity contribution in [3.8, 4) is 0 Å². The lowest BCUT2D eigenvalue weighted by Gasteiger charge is -2.09. The highest BCUT2D eigenvalue weighted by molar-refractivity contribution is 6.10. The molecule has 2 aromatic carbocycles. The van der Waals surface area contributed by atoms with Gasteiger partial charge in [0.05, 0.1) is 0 Å². The van der Waals surface area contributed by atoms with Crippen LogP contribution >= 0.6 is 0 Å². The fraction of sp³-hybridized carbons (Fsp3) is 0.316. The van der Waals surface area contributed by atoms with Crippen LogP contribution in [-0.2, 0) is 6.42 Å². The van der Waals surface area contributed by atoms with Crippen molar-refractivity contribution in [2.45, 2.75) is 40.0 Å². The van der Waals surface area contributed by atoms with Gasteiger partial charge in [0.1, 0.15) is 0 Å². The van der Waals surface area contributed by atoms with Gasteiger partial charge in [-0.25, -0.2) is 0 Å². The third-order valence-corrected chi connectivity index (χ3v) is 3.89. The van der Waals surface area contributed by atoms with Crippen molar-refractivity contribution in [3.63, 3.8) is 0 Å². The first-order chi connectivity index (χ1) is 10.0. The van der Waals surface area contributed by atoms with E-state index >= 15 is 0 Å². The summed E-state index contributed by atoms with van der Waals surface area (Å²) in [7, 11) is 0. The van der Waals surface area contributed by atoms with E-state index in [-0.39, 0.29) is 5.78 Å². The molecule has 2 nitrogen and oxygen atoms in total. The van der Waals surface area contributed by atoms with Crippen LogP contribution < -0.4 is 5.73 Å². The molecule has 110 valence electrons. The molecule has 0 unspecified atom stereocenters. The first kappa shape index (κ1) is 15.3. The van der Waals surface area contributed by atoms with Crippen LogP contribution in [0, 0.1) is 13.8 Å². The van der Waals surface area contributed by atoms with Gasteiger partial charge < -0.3 is 5.73 Å². The number of anilines is 1. The highest BCUT2D eigenvalue weighted by Gasteiger charge is 2.13. The van der Waals surface area contributed by atoms with E-state index in [2.05, 4.69) is 19.1 Å². The van der Waals surface area contributed by atoms with Crippen molar-refractivity contribution in [2.24, 2.45) is 0 Å². The molecule has 0 saturated heterocycles. The molecule has 0 amide bonds. The van der Waals surface area contributed by atoms with E-state index < -0.39 is 0 Å². The van der Waals surface area contributed by atoms with Crippen LogP contribution in [-0.4, -0.2) is 5.78 Å². The maximum Gasteiger partial charge on any atom is 0.193 e. The first-order valence-corrected chi connectivity index (χ1v) is 7.53. The van der Waals surface area contributed by atoms with Crippen LogP contribution in [0.15, 0.2) is 36.4 Å². The molecule has 0 aliphatic heterocycles. The van der Waals surface area contributed by atoms with Crippen molar-refractivity contribution < 1.29 is 4.79 Å². The molecule has 2 aromatic rings. The predicted octanol–water partition coefficient (Wildman–Crippen LogP) is 4.46. The maximum atomic E-state index is 12.6.